The molecule has 0 bridgehead atoms. The van der Waals surface area contributed by atoms with Crippen molar-refractivity contribution in [2.45, 2.75) is 78.6 Å². The van der Waals surface area contributed by atoms with Gasteiger partial charge in [-0.25, -0.2) is 13.2 Å². The van der Waals surface area contributed by atoms with Crippen LogP contribution >= 0.6 is 0 Å². The molecular weight excluding hydrogens is 688 g/mol. The number of benzene rings is 2. The van der Waals surface area contributed by atoms with Gasteiger partial charge in [-0.3, -0.25) is 19.4 Å². The van der Waals surface area contributed by atoms with Crippen LogP contribution in [0.15, 0.2) is 59.7 Å². The topological polar surface area (TPSA) is 101 Å². The summed E-state index contributed by atoms with van der Waals surface area (Å²) in [6, 6.07) is 5.18. The third kappa shape index (κ3) is 9.09. The summed E-state index contributed by atoms with van der Waals surface area (Å²) >= 11 is 0. The maximum absolute atomic E-state index is 16.7. The molecule has 7 nitrogen and oxygen atoms in total. The van der Waals surface area contributed by atoms with Crippen LogP contribution in [-0.2, 0) is 28.6 Å². The number of hydrogen-bond donors (Lipinski definition) is 2. The Hall–Kier alpha value is -5.38. The second kappa shape index (κ2) is 16.3. The summed E-state index contributed by atoms with van der Waals surface area (Å²) in [6.45, 7) is 7.84. The van der Waals surface area contributed by atoms with Crippen LogP contribution in [0.3, 0.4) is 0 Å². The first kappa shape index (κ1) is 39.4. The summed E-state index contributed by atoms with van der Waals surface area (Å²) in [5.74, 6) is -0.782. The van der Waals surface area contributed by atoms with E-state index in [0.29, 0.717) is 11.8 Å². The molecule has 2 heterocycles. The van der Waals surface area contributed by atoms with Crippen LogP contribution < -0.4 is 10.9 Å². The van der Waals surface area contributed by atoms with Crippen molar-refractivity contribution in [3.05, 3.63) is 122 Å². The molecule has 0 saturated heterocycles. The number of carboxylic acids is 1. The second-order valence-corrected chi connectivity index (χ2v) is 12.9. The maximum atomic E-state index is 16.7. The molecule has 274 valence electrons. The number of amides is 1. The Kier molecular flexibility index (Phi) is 12.4. The molecule has 13 heteroatoms. The van der Waals surface area contributed by atoms with Gasteiger partial charge in [-0.1, -0.05) is 25.8 Å². The lowest BCUT2D eigenvalue weighted by atomic mass is 9.88. The summed E-state index contributed by atoms with van der Waals surface area (Å²) in [6.07, 6.45) is -3.70. The fraction of sp³-hybridized carbons (Fsp3) is 0.333. The minimum absolute atomic E-state index is 0.0795. The number of nitrogens with zero attached hydrogens (tertiary/aromatic N) is 2. The number of aryl methyl sites for hydroxylation is 4. The number of aromatic nitrogens is 2. The summed E-state index contributed by atoms with van der Waals surface area (Å²) in [7, 11) is 0. The predicted molar refractivity (Wildman–Crippen MR) is 183 cm³/mol. The lowest BCUT2D eigenvalue weighted by molar-refractivity contribution is -0.139. The second-order valence-electron chi connectivity index (χ2n) is 12.9. The first-order chi connectivity index (χ1) is 24.4. The molecule has 1 amide bonds. The number of carbonyl (C=O) groups excluding carboxylic acids is 1. The minimum Gasteiger partial charge on any atom is -0.481 e. The van der Waals surface area contributed by atoms with Crippen molar-refractivity contribution < 1.29 is 41.0 Å². The number of halogens is 6. The Morgan fingerprint density at radius 2 is 1.67 bits per heavy atom. The first-order valence-electron chi connectivity index (χ1n) is 16.4. The van der Waals surface area contributed by atoms with Crippen molar-refractivity contribution in [1.29, 1.82) is 0 Å². The Morgan fingerprint density at radius 3 is 2.23 bits per heavy atom. The van der Waals surface area contributed by atoms with E-state index in [2.05, 4.69) is 22.1 Å². The van der Waals surface area contributed by atoms with E-state index in [1.807, 2.05) is 0 Å². The molecule has 0 aliphatic rings. The SMILES string of the molecule is CC#Cc1cc(F)c([C@H](CC(=O)O)NC(=O)[C@H](CC(C)C)n2cc(CCc3ccccn3)c(C(F)(F)F)cc2=O)c(F)c1-c1c(C)cc(F)cc1C. The van der Waals surface area contributed by atoms with Crippen molar-refractivity contribution in [2.75, 3.05) is 0 Å². The Labute approximate surface area is 296 Å². The van der Waals surface area contributed by atoms with Crippen molar-refractivity contribution in [2.24, 2.45) is 5.92 Å². The molecule has 0 saturated carbocycles. The zero-order valence-corrected chi connectivity index (χ0v) is 29.1. The van der Waals surface area contributed by atoms with Gasteiger partial charge in [-0.15, -0.1) is 5.92 Å². The molecular formula is C39H37F6N3O4. The fourth-order valence-electron chi connectivity index (χ4n) is 6.30. The summed E-state index contributed by atoms with van der Waals surface area (Å²) in [5, 5.41) is 12.2. The standard InChI is InChI=1S/C39H37F6N3O4/c1-6-9-24-17-29(41)36(37(42)35(24)34-22(4)15-26(40)16-23(34)5)30(19-33(50)51)47-38(52)31(14-21(2)3)48-20-25(11-12-27-10-7-8-13-46-27)28(18-32(48)49)39(43,44)45/h7-8,10,13,15-18,20-21,30-31H,11-12,14,19H2,1-5H3,(H,47,52)(H,50,51)/t30-,31-/m0/s1. The van der Waals surface area contributed by atoms with Gasteiger partial charge in [0.25, 0.3) is 5.56 Å². The van der Waals surface area contributed by atoms with Gasteiger partial charge >= 0.3 is 12.1 Å². The van der Waals surface area contributed by atoms with E-state index in [9.17, 15) is 37.1 Å². The summed E-state index contributed by atoms with van der Waals surface area (Å²) in [5.41, 5.74) is -2.56. The predicted octanol–water partition coefficient (Wildman–Crippen LogP) is 8.04. The molecule has 4 aromatic rings. The van der Waals surface area contributed by atoms with Gasteiger partial charge in [0.05, 0.1) is 18.0 Å². The van der Waals surface area contributed by atoms with E-state index in [-0.39, 0.29) is 58.6 Å². The zero-order chi connectivity index (χ0) is 38.5. The van der Waals surface area contributed by atoms with Gasteiger partial charge in [0.1, 0.15) is 23.5 Å². The van der Waals surface area contributed by atoms with Crippen LogP contribution in [0.5, 0.6) is 0 Å². The number of carbonyl (C=O) groups is 2. The van der Waals surface area contributed by atoms with Gasteiger partial charge in [0, 0.05) is 40.8 Å². The third-order valence-electron chi connectivity index (χ3n) is 8.48. The Balaban J connectivity index is 1.86. The average molecular weight is 726 g/mol. The van der Waals surface area contributed by atoms with Crippen molar-refractivity contribution >= 4 is 11.9 Å². The molecule has 2 N–H and O–H groups in total. The van der Waals surface area contributed by atoms with Crippen LogP contribution in [0.1, 0.15) is 84.8 Å². The van der Waals surface area contributed by atoms with E-state index >= 15 is 8.78 Å². The van der Waals surface area contributed by atoms with Crippen molar-refractivity contribution in [3.63, 3.8) is 0 Å². The average Bonchev–Trinajstić information content (AvgIpc) is 3.03. The van der Waals surface area contributed by atoms with Crippen molar-refractivity contribution in [1.82, 2.24) is 14.9 Å². The smallest absolute Gasteiger partial charge is 0.416 e. The highest BCUT2D eigenvalue weighted by Gasteiger charge is 2.36. The third-order valence-corrected chi connectivity index (χ3v) is 8.48. The van der Waals surface area contributed by atoms with Crippen LogP contribution in [-0.4, -0.2) is 26.5 Å². The lowest BCUT2D eigenvalue weighted by Gasteiger charge is -2.27. The maximum Gasteiger partial charge on any atom is 0.416 e. The summed E-state index contributed by atoms with van der Waals surface area (Å²) < 4.78 is 90.0. The van der Waals surface area contributed by atoms with Crippen LogP contribution in [0.4, 0.5) is 26.3 Å². The molecule has 0 fully saturated rings. The minimum atomic E-state index is -4.90. The fourth-order valence-corrected chi connectivity index (χ4v) is 6.30. The molecule has 4 rings (SSSR count). The van der Waals surface area contributed by atoms with E-state index in [1.165, 1.54) is 27.0 Å². The molecule has 2 aromatic carbocycles. The van der Waals surface area contributed by atoms with E-state index in [1.54, 1.807) is 32.0 Å². The van der Waals surface area contributed by atoms with Crippen LogP contribution in [0.2, 0.25) is 0 Å². The highest BCUT2D eigenvalue weighted by atomic mass is 19.4. The number of carboxylic acid groups (broad SMARTS) is 1. The van der Waals surface area contributed by atoms with E-state index in [0.717, 1.165) is 29.0 Å². The van der Waals surface area contributed by atoms with Gasteiger partial charge in [0.15, 0.2) is 0 Å². The number of alkyl halides is 3. The number of hydrogen-bond acceptors (Lipinski definition) is 4. The number of rotatable bonds is 12. The number of pyridine rings is 2. The van der Waals surface area contributed by atoms with Crippen LogP contribution in [0, 0.1) is 49.1 Å². The molecule has 2 atom stereocenters. The molecule has 52 heavy (non-hydrogen) atoms. The highest BCUT2D eigenvalue weighted by molar-refractivity contribution is 5.83. The Bertz CT molecular complexity index is 2080. The molecule has 0 spiro atoms. The van der Waals surface area contributed by atoms with E-state index in [4.69, 9.17) is 0 Å². The molecule has 0 aliphatic carbocycles. The molecule has 0 unspecified atom stereocenters. The van der Waals surface area contributed by atoms with Gasteiger partial charge in [-0.2, -0.15) is 13.2 Å². The molecule has 0 radical (unpaired) electrons. The molecule has 0 aliphatic heterocycles. The summed E-state index contributed by atoms with van der Waals surface area (Å²) in [4.78, 5) is 43.5. The van der Waals surface area contributed by atoms with Crippen LogP contribution in [0.25, 0.3) is 11.1 Å². The first-order valence-corrected chi connectivity index (χ1v) is 16.4. The van der Waals surface area contributed by atoms with E-state index < -0.39 is 70.7 Å². The lowest BCUT2D eigenvalue weighted by Crippen LogP contribution is -2.41. The normalized spacial score (nSPS) is 12.6. The van der Waals surface area contributed by atoms with Gasteiger partial charge in [0.2, 0.25) is 5.91 Å². The molecule has 2 aromatic heterocycles. The zero-order valence-electron chi connectivity index (χ0n) is 29.1. The van der Waals surface area contributed by atoms with Gasteiger partial charge in [-0.05, 0) is 98.5 Å². The monoisotopic (exact) mass is 725 g/mol. The van der Waals surface area contributed by atoms with Crippen molar-refractivity contribution in [3.8, 4) is 23.0 Å². The largest absolute Gasteiger partial charge is 0.481 e. The number of aliphatic carboxylic acids is 1. The number of nitrogens with one attached hydrogen (secondary N) is 1. The Morgan fingerprint density at radius 1 is 1.00 bits per heavy atom. The quantitative estimate of drug-likeness (QED) is 0.114. The highest BCUT2D eigenvalue weighted by Crippen LogP contribution is 2.38. The van der Waals surface area contributed by atoms with Gasteiger partial charge < -0.3 is 15.0 Å².